The predicted molar refractivity (Wildman–Crippen MR) is 35.1 cm³/mol. The first-order valence-electron chi connectivity index (χ1n) is 2.89. The van der Waals surface area contributed by atoms with Gasteiger partial charge in [-0.1, -0.05) is 6.08 Å². The lowest BCUT2D eigenvalue weighted by molar-refractivity contribution is -0.107. The predicted octanol–water partition coefficient (Wildman–Crippen LogP) is 1.11. The largest absolute Gasteiger partial charge is 0.303 e. The molecule has 0 aliphatic carbocycles. The van der Waals surface area contributed by atoms with Gasteiger partial charge in [0.15, 0.2) is 0 Å². The van der Waals surface area contributed by atoms with Crippen LogP contribution in [0.4, 0.5) is 0 Å². The lowest BCUT2D eigenvalue weighted by Gasteiger charge is -1.89. The van der Waals surface area contributed by atoms with Gasteiger partial charge in [0.25, 0.3) is 0 Å². The third kappa shape index (κ3) is 3.64. The molecule has 0 aromatic carbocycles. The molecule has 0 bridgehead atoms. The van der Waals surface area contributed by atoms with Gasteiger partial charge < -0.3 is 4.79 Å². The Bertz CT molecular complexity index is 125. The second-order valence-corrected chi connectivity index (χ2v) is 1.69. The van der Waals surface area contributed by atoms with E-state index in [9.17, 15) is 9.59 Å². The maximum Gasteiger partial charge on any atom is 0.145 e. The average Bonchev–Trinajstić information content (AvgIpc) is 1.91. The summed E-state index contributed by atoms with van der Waals surface area (Å²) in [5.74, 6) is 0. The molecular formula is C7H10O2. The van der Waals surface area contributed by atoms with Crippen LogP contribution in [0.15, 0.2) is 11.6 Å². The fourth-order valence-electron chi connectivity index (χ4n) is 0.497. The summed E-state index contributed by atoms with van der Waals surface area (Å²) in [7, 11) is 0. The van der Waals surface area contributed by atoms with Crippen LogP contribution in [0.1, 0.15) is 19.8 Å². The molecule has 0 aromatic rings. The van der Waals surface area contributed by atoms with Crippen molar-refractivity contribution in [1.29, 1.82) is 0 Å². The van der Waals surface area contributed by atoms with Gasteiger partial charge in [0.2, 0.25) is 0 Å². The molecule has 0 rings (SSSR count). The van der Waals surface area contributed by atoms with Crippen LogP contribution in [-0.2, 0) is 9.59 Å². The lowest BCUT2D eigenvalue weighted by atomic mass is 10.2. The van der Waals surface area contributed by atoms with E-state index in [1.165, 1.54) is 0 Å². The van der Waals surface area contributed by atoms with Gasteiger partial charge in [0.1, 0.15) is 12.6 Å². The standard InChI is InChI=1S/C7H10O2/c1-2-7(6-9)4-3-5-8/h2,5-6H,3-4H2,1H3/b7-2+. The highest BCUT2D eigenvalue weighted by molar-refractivity contribution is 5.73. The molecule has 0 spiro atoms. The van der Waals surface area contributed by atoms with E-state index in [1.807, 2.05) is 0 Å². The molecule has 0 amide bonds. The minimum absolute atomic E-state index is 0.443. The van der Waals surface area contributed by atoms with E-state index < -0.39 is 0 Å². The molecule has 0 saturated heterocycles. The monoisotopic (exact) mass is 126 g/mol. The Morgan fingerprint density at radius 1 is 1.44 bits per heavy atom. The van der Waals surface area contributed by atoms with E-state index in [2.05, 4.69) is 0 Å². The van der Waals surface area contributed by atoms with Crippen molar-refractivity contribution in [1.82, 2.24) is 0 Å². The molecule has 50 valence electrons. The quantitative estimate of drug-likeness (QED) is 0.417. The van der Waals surface area contributed by atoms with Crippen LogP contribution in [0.3, 0.4) is 0 Å². The number of rotatable bonds is 4. The summed E-state index contributed by atoms with van der Waals surface area (Å²) >= 11 is 0. The molecule has 0 fully saturated rings. The molecule has 0 radical (unpaired) electrons. The molecule has 0 unspecified atom stereocenters. The molecule has 0 heterocycles. The zero-order chi connectivity index (χ0) is 7.11. The highest BCUT2D eigenvalue weighted by atomic mass is 16.1. The van der Waals surface area contributed by atoms with Gasteiger partial charge in [-0.15, -0.1) is 0 Å². The summed E-state index contributed by atoms with van der Waals surface area (Å²) < 4.78 is 0. The zero-order valence-corrected chi connectivity index (χ0v) is 5.46. The Hall–Kier alpha value is -0.920. The summed E-state index contributed by atoms with van der Waals surface area (Å²) in [6.07, 6.45) is 4.33. The number of hydrogen-bond donors (Lipinski definition) is 0. The Morgan fingerprint density at radius 2 is 2.11 bits per heavy atom. The summed E-state index contributed by atoms with van der Waals surface area (Å²) in [5, 5.41) is 0. The summed E-state index contributed by atoms with van der Waals surface area (Å²) in [6.45, 7) is 1.79. The SMILES string of the molecule is C/C=C(/C=O)CCC=O. The van der Waals surface area contributed by atoms with Crippen LogP contribution >= 0.6 is 0 Å². The van der Waals surface area contributed by atoms with Crippen molar-refractivity contribution >= 4 is 12.6 Å². The van der Waals surface area contributed by atoms with Crippen molar-refractivity contribution in [2.45, 2.75) is 19.8 Å². The zero-order valence-electron chi connectivity index (χ0n) is 5.46. The minimum atomic E-state index is 0.443. The number of hydrogen-bond acceptors (Lipinski definition) is 2. The van der Waals surface area contributed by atoms with E-state index in [1.54, 1.807) is 13.0 Å². The van der Waals surface area contributed by atoms with E-state index in [0.717, 1.165) is 12.6 Å². The summed E-state index contributed by atoms with van der Waals surface area (Å²) in [4.78, 5) is 19.9. The van der Waals surface area contributed by atoms with Crippen LogP contribution in [0.25, 0.3) is 0 Å². The van der Waals surface area contributed by atoms with E-state index in [0.29, 0.717) is 18.4 Å². The van der Waals surface area contributed by atoms with Crippen LogP contribution in [0.2, 0.25) is 0 Å². The first kappa shape index (κ1) is 8.08. The third-order valence-corrected chi connectivity index (χ3v) is 1.07. The normalized spacial score (nSPS) is 11.0. The molecule has 0 saturated carbocycles. The van der Waals surface area contributed by atoms with Gasteiger partial charge in [-0.2, -0.15) is 0 Å². The molecule has 2 nitrogen and oxygen atoms in total. The van der Waals surface area contributed by atoms with Gasteiger partial charge in [0.05, 0.1) is 0 Å². The fraction of sp³-hybridized carbons (Fsp3) is 0.429. The molecular weight excluding hydrogens is 116 g/mol. The van der Waals surface area contributed by atoms with Crippen molar-refractivity contribution in [2.24, 2.45) is 0 Å². The van der Waals surface area contributed by atoms with Gasteiger partial charge in [0, 0.05) is 6.42 Å². The second kappa shape index (κ2) is 5.22. The maximum atomic E-state index is 10.1. The van der Waals surface area contributed by atoms with Gasteiger partial charge in [-0.05, 0) is 18.9 Å². The van der Waals surface area contributed by atoms with Crippen molar-refractivity contribution in [3.05, 3.63) is 11.6 Å². The Balaban J connectivity index is 3.57. The van der Waals surface area contributed by atoms with Crippen LogP contribution < -0.4 is 0 Å². The Morgan fingerprint density at radius 3 is 2.44 bits per heavy atom. The topological polar surface area (TPSA) is 34.1 Å². The molecule has 0 atom stereocenters. The van der Waals surface area contributed by atoms with Gasteiger partial charge in [-0.25, -0.2) is 0 Å². The van der Waals surface area contributed by atoms with E-state index in [4.69, 9.17) is 0 Å². The van der Waals surface area contributed by atoms with Gasteiger partial charge >= 0.3 is 0 Å². The Labute approximate surface area is 54.6 Å². The van der Waals surface area contributed by atoms with Crippen LogP contribution in [0.5, 0.6) is 0 Å². The van der Waals surface area contributed by atoms with Gasteiger partial charge in [-0.3, -0.25) is 4.79 Å². The smallest absolute Gasteiger partial charge is 0.145 e. The molecule has 9 heavy (non-hydrogen) atoms. The van der Waals surface area contributed by atoms with Crippen LogP contribution in [0, 0.1) is 0 Å². The molecule has 0 aliphatic rings. The van der Waals surface area contributed by atoms with Crippen LogP contribution in [-0.4, -0.2) is 12.6 Å². The first-order chi connectivity index (χ1) is 4.35. The molecule has 0 aliphatic heterocycles. The number of carbonyl (C=O) groups excluding carboxylic acids is 2. The fourth-order valence-corrected chi connectivity index (χ4v) is 0.497. The summed E-state index contributed by atoms with van der Waals surface area (Å²) in [6, 6.07) is 0. The Kier molecular flexibility index (Phi) is 4.69. The molecule has 0 aromatic heterocycles. The van der Waals surface area contributed by atoms with Crippen molar-refractivity contribution in [2.75, 3.05) is 0 Å². The third-order valence-electron chi connectivity index (χ3n) is 1.07. The van der Waals surface area contributed by atoms with Crippen molar-refractivity contribution in [3.8, 4) is 0 Å². The highest BCUT2D eigenvalue weighted by Gasteiger charge is 1.90. The van der Waals surface area contributed by atoms with Crippen molar-refractivity contribution < 1.29 is 9.59 Å². The number of allylic oxidation sites excluding steroid dienone is 2. The summed E-state index contributed by atoms with van der Waals surface area (Å²) in [5.41, 5.74) is 0.696. The first-order valence-corrected chi connectivity index (χ1v) is 2.89. The van der Waals surface area contributed by atoms with E-state index >= 15 is 0 Å². The molecule has 2 heteroatoms. The highest BCUT2D eigenvalue weighted by Crippen LogP contribution is 1.98. The minimum Gasteiger partial charge on any atom is -0.303 e. The second-order valence-electron chi connectivity index (χ2n) is 1.69. The number of aldehydes is 2. The molecule has 0 N–H and O–H groups in total. The average molecular weight is 126 g/mol. The van der Waals surface area contributed by atoms with Crippen molar-refractivity contribution in [3.63, 3.8) is 0 Å². The maximum absolute atomic E-state index is 10.1. The lowest BCUT2D eigenvalue weighted by Crippen LogP contribution is -1.84. The van der Waals surface area contributed by atoms with E-state index in [-0.39, 0.29) is 0 Å². The number of carbonyl (C=O) groups is 2.